The maximum Gasteiger partial charge on any atom is 0.140 e. The maximum absolute atomic E-state index is 5.92. The fourth-order valence-corrected chi connectivity index (χ4v) is 2.71. The summed E-state index contributed by atoms with van der Waals surface area (Å²) < 4.78 is 5.92. The van der Waals surface area contributed by atoms with Crippen LogP contribution >= 0.6 is 11.3 Å². The van der Waals surface area contributed by atoms with Gasteiger partial charge in [-0.3, -0.25) is 0 Å². The molecule has 19 heavy (non-hydrogen) atoms. The minimum atomic E-state index is 0.274. The summed E-state index contributed by atoms with van der Waals surface area (Å²) in [6.07, 6.45) is 0. The Bertz CT molecular complexity index is 531. The molecule has 1 atom stereocenters. The number of rotatable bonds is 5. The molecule has 2 aromatic rings. The third-order valence-electron chi connectivity index (χ3n) is 3.24. The Balaban J connectivity index is 2.11. The molecule has 1 aromatic carbocycles. The van der Waals surface area contributed by atoms with Crippen LogP contribution in [0.5, 0.6) is 5.75 Å². The van der Waals surface area contributed by atoms with Crippen LogP contribution in [0.25, 0.3) is 0 Å². The van der Waals surface area contributed by atoms with Gasteiger partial charge in [-0.15, -0.1) is 11.3 Å². The molecule has 1 N–H and O–H groups in total. The summed E-state index contributed by atoms with van der Waals surface area (Å²) in [7, 11) is 1.95. The summed E-state index contributed by atoms with van der Waals surface area (Å²) in [4.78, 5) is 5.76. The zero-order valence-electron chi connectivity index (χ0n) is 11.9. The molecule has 1 aromatic heterocycles. The van der Waals surface area contributed by atoms with Crippen LogP contribution < -0.4 is 10.1 Å². The molecule has 0 amide bonds. The SMILES string of the molecule is CNC(C)c1ccccc1OCc1nc(C)c(C)s1. The Labute approximate surface area is 118 Å². The molecular weight excluding hydrogens is 256 g/mol. The molecule has 0 radical (unpaired) electrons. The Morgan fingerprint density at radius 3 is 2.68 bits per heavy atom. The van der Waals surface area contributed by atoms with Gasteiger partial charge >= 0.3 is 0 Å². The molecule has 0 aliphatic heterocycles. The first-order valence-electron chi connectivity index (χ1n) is 6.43. The highest BCUT2D eigenvalue weighted by molar-refractivity contribution is 7.11. The lowest BCUT2D eigenvalue weighted by Crippen LogP contribution is -2.13. The number of aryl methyl sites for hydroxylation is 2. The van der Waals surface area contributed by atoms with Crippen LogP contribution in [0.4, 0.5) is 0 Å². The normalized spacial score (nSPS) is 12.4. The summed E-state index contributed by atoms with van der Waals surface area (Å²) >= 11 is 1.70. The number of benzene rings is 1. The van der Waals surface area contributed by atoms with Gasteiger partial charge in [-0.25, -0.2) is 4.98 Å². The van der Waals surface area contributed by atoms with E-state index in [-0.39, 0.29) is 6.04 Å². The fourth-order valence-electron chi connectivity index (χ4n) is 1.87. The number of para-hydroxylation sites is 1. The van der Waals surface area contributed by atoms with Gasteiger partial charge in [0.1, 0.15) is 17.4 Å². The smallest absolute Gasteiger partial charge is 0.140 e. The summed E-state index contributed by atoms with van der Waals surface area (Å²) in [5, 5.41) is 4.27. The summed E-state index contributed by atoms with van der Waals surface area (Å²) in [6, 6.07) is 8.41. The molecule has 2 rings (SSSR count). The van der Waals surface area contributed by atoms with Gasteiger partial charge in [-0.2, -0.15) is 0 Å². The predicted molar refractivity (Wildman–Crippen MR) is 79.8 cm³/mol. The predicted octanol–water partition coefficient (Wildman–Crippen LogP) is 3.62. The largest absolute Gasteiger partial charge is 0.486 e. The number of ether oxygens (including phenoxy) is 1. The lowest BCUT2D eigenvalue weighted by Gasteiger charge is -2.15. The van der Waals surface area contributed by atoms with Gasteiger partial charge in [0.05, 0.1) is 5.69 Å². The van der Waals surface area contributed by atoms with Crippen molar-refractivity contribution in [3.63, 3.8) is 0 Å². The van der Waals surface area contributed by atoms with Crippen LogP contribution in [-0.4, -0.2) is 12.0 Å². The van der Waals surface area contributed by atoms with Crippen molar-refractivity contribution < 1.29 is 4.74 Å². The zero-order chi connectivity index (χ0) is 13.8. The molecule has 4 heteroatoms. The van der Waals surface area contributed by atoms with Gasteiger partial charge < -0.3 is 10.1 Å². The second-order valence-corrected chi connectivity index (χ2v) is 5.87. The number of hydrogen-bond donors (Lipinski definition) is 1. The van der Waals surface area contributed by atoms with E-state index in [1.807, 2.05) is 32.2 Å². The van der Waals surface area contributed by atoms with E-state index in [4.69, 9.17) is 4.74 Å². The van der Waals surface area contributed by atoms with E-state index in [0.29, 0.717) is 6.61 Å². The van der Waals surface area contributed by atoms with E-state index in [1.165, 1.54) is 10.4 Å². The highest BCUT2D eigenvalue weighted by Crippen LogP contribution is 2.26. The number of nitrogens with zero attached hydrogens (tertiary/aromatic N) is 1. The van der Waals surface area contributed by atoms with Crippen molar-refractivity contribution in [2.45, 2.75) is 33.4 Å². The molecule has 102 valence electrons. The fraction of sp³-hybridized carbons (Fsp3) is 0.400. The lowest BCUT2D eigenvalue weighted by atomic mass is 10.1. The molecule has 3 nitrogen and oxygen atoms in total. The zero-order valence-corrected chi connectivity index (χ0v) is 12.7. The first kappa shape index (κ1) is 14.0. The lowest BCUT2D eigenvalue weighted by molar-refractivity contribution is 0.299. The van der Waals surface area contributed by atoms with E-state index in [1.54, 1.807) is 11.3 Å². The van der Waals surface area contributed by atoms with Crippen LogP contribution in [0.15, 0.2) is 24.3 Å². The van der Waals surface area contributed by atoms with Crippen molar-refractivity contribution in [2.75, 3.05) is 7.05 Å². The topological polar surface area (TPSA) is 34.1 Å². The van der Waals surface area contributed by atoms with Gasteiger partial charge in [0, 0.05) is 16.5 Å². The molecular formula is C15H20N2OS. The van der Waals surface area contributed by atoms with Crippen molar-refractivity contribution in [3.05, 3.63) is 45.4 Å². The molecule has 0 fully saturated rings. The molecule has 0 spiro atoms. The van der Waals surface area contributed by atoms with Crippen molar-refractivity contribution >= 4 is 11.3 Å². The number of nitrogens with one attached hydrogen (secondary N) is 1. The molecule has 0 aliphatic carbocycles. The van der Waals surface area contributed by atoms with E-state index in [2.05, 4.69) is 30.2 Å². The highest BCUT2D eigenvalue weighted by atomic mass is 32.1. The monoisotopic (exact) mass is 276 g/mol. The number of aromatic nitrogens is 1. The molecule has 0 aliphatic rings. The second-order valence-electron chi connectivity index (χ2n) is 4.59. The average molecular weight is 276 g/mol. The van der Waals surface area contributed by atoms with E-state index < -0.39 is 0 Å². The van der Waals surface area contributed by atoms with Crippen LogP contribution in [-0.2, 0) is 6.61 Å². The van der Waals surface area contributed by atoms with E-state index >= 15 is 0 Å². The first-order valence-corrected chi connectivity index (χ1v) is 7.25. The second kappa shape index (κ2) is 6.17. The maximum atomic E-state index is 5.92. The Kier molecular flexibility index (Phi) is 4.56. The van der Waals surface area contributed by atoms with Gasteiger partial charge in [0.2, 0.25) is 0 Å². The molecule has 0 saturated carbocycles. The van der Waals surface area contributed by atoms with Gasteiger partial charge in [-0.1, -0.05) is 18.2 Å². The van der Waals surface area contributed by atoms with Crippen LogP contribution in [0.1, 0.15) is 34.1 Å². The quantitative estimate of drug-likeness (QED) is 0.905. The number of thiazole rings is 1. The summed E-state index contributed by atoms with van der Waals surface area (Å²) in [5.41, 5.74) is 2.27. The Hall–Kier alpha value is -1.39. The van der Waals surface area contributed by atoms with Crippen LogP contribution in [0, 0.1) is 13.8 Å². The Morgan fingerprint density at radius 2 is 2.05 bits per heavy atom. The van der Waals surface area contributed by atoms with Gasteiger partial charge in [-0.05, 0) is 33.9 Å². The molecule has 1 heterocycles. The third kappa shape index (κ3) is 3.33. The van der Waals surface area contributed by atoms with Gasteiger partial charge in [0.15, 0.2) is 0 Å². The van der Waals surface area contributed by atoms with E-state index in [9.17, 15) is 0 Å². The highest BCUT2D eigenvalue weighted by Gasteiger charge is 2.10. The van der Waals surface area contributed by atoms with Crippen LogP contribution in [0.3, 0.4) is 0 Å². The minimum Gasteiger partial charge on any atom is -0.486 e. The molecule has 1 unspecified atom stereocenters. The minimum absolute atomic E-state index is 0.274. The molecule has 0 bridgehead atoms. The van der Waals surface area contributed by atoms with Crippen LogP contribution in [0.2, 0.25) is 0 Å². The molecule has 0 saturated heterocycles. The van der Waals surface area contributed by atoms with Crippen molar-refractivity contribution in [1.82, 2.24) is 10.3 Å². The van der Waals surface area contributed by atoms with E-state index in [0.717, 1.165) is 16.5 Å². The first-order chi connectivity index (χ1) is 9.11. The van der Waals surface area contributed by atoms with Crippen molar-refractivity contribution in [1.29, 1.82) is 0 Å². The van der Waals surface area contributed by atoms with Crippen molar-refractivity contribution in [2.24, 2.45) is 0 Å². The summed E-state index contributed by atoms with van der Waals surface area (Å²) in [5.74, 6) is 0.926. The number of hydrogen-bond acceptors (Lipinski definition) is 4. The standard InChI is InChI=1S/C15H20N2OS/c1-10-12(3)19-15(17-10)9-18-14-8-6-5-7-13(14)11(2)16-4/h5-8,11,16H,9H2,1-4H3. The third-order valence-corrected chi connectivity index (χ3v) is 4.29. The average Bonchev–Trinajstić information content (AvgIpc) is 2.75. The van der Waals surface area contributed by atoms with Gasteiger partial charge in [0.25, 0.3) is 0 Å². The van der Waals surface area contributed by atoms with Crippen molar-refractivity contribution in [3.8, 4) is 5.75 Å². The Morgan fingerprint density at radius 1 is 1.32 bits per heavy atom. The summed E-state index contributed by atoms with van der Waals surface area (Å²) in [6.45, 7) is 6.78.